The molecule has 2 heterocycles. The quantitative estimate of drug-likeness (QED) is 0.621. The number of sulfonamides is 1. The van der Waals surface area contributed by atoms with Crippen molar-refractivity contribution >= 4 is 38.2 Å². The van der Waals surface area contributed by atoms with Crippen molar-refractivity contribution in [3.05, 3.63) is 45.8 Å². The monoisotopic (exact) mass is 492 g/mol. The lowest BCUT2D eigenvalue weighted by atomic mass is 9.88. The van der Waals surface area contributed by atoms with Gasteiger partial charge in [0.25, 0.3) is 5.91 Å². The van der Waals surface area contributed by atoms with Gasteiger partial charge in [-0.15, -0.1) is 11.3 Å². The number of benzene rings is 1. The van der Waals surface area contributed by atoms with Crippen molar-refractivity contribution in [3.8, 4) is 0 Å². The van der Waals surface area contributed by atoms with Crippen LogP contribution in [0.15, 0.2) is 29.2 Å². The molecule has 1 N–H and O–H groups in total. The van der Waals surface area contributed by atoms with Crippen LogP contribution in [0.25, 0.3) is 0 Å². The van der Waals surface area contributed by atoms with E-state index < -0.39 is 21.9 Å². The van der Waals surface area contributed by atoms with Gasteiger partial charge < -0.3 is 14.8 Å². The molecule has 2 aromatic rings. The molecule has 10 heteroatoms. The van der Waals surface area contributed by atoms with Crippen molar-refractivity contribution in [2.45, 2.75) is 38.0 Å². The standard InChI is InChI=1S/C23H28N2O6S2/c1-3-31-23(27)20-18-9-4-15(2)14-19(18)32-22(20)24-21(26)16-5-7-17(8-6-16)33(28,29)25-10-12-30-13-11-25/h5-8,15H,3-4,9-14H2,1-2H3,(H,24,26)/t15-/m0/s1. The Morgan fingerprint density at radius 3 is 2.58 bits per heavy atom. The number of ether oxygens (including phenoxy) is 2. The molecule has 0 bridgehead atoms. The predicted molar refractivity (Wildman–Crippen MR) is 125 cm³/mol. The van der Waals surface area contributed by atoms with Crippen LogP contribution in [0.4, 0.5) is 5.00 Å². The summed E-state index contributed by atoms with van der Waals surface area (Å²) in [6.07, 6.45) is 2.64. The first kappa shape index (κ1) is 23.9. The molecule has 0 radical (unpaired) electrons. The Hall–Kier alpha value is -2.27. The topological polar surface area (TPSA) is 102 Å². The van der Waals surface area contributed by atoms with Crippen molar-refractivity contribution in [2.75, 3.05) is 38.2 Å². The number of thiophene rings is 1. The molecular weight excluding hydrogens is 464 g/mol. The van der Waals surface area contributed by atoms with Crippen LogP contribution >= 0.6 is 11.3 Å². The highest BCUT2D eigenvalue weighted by molar-refractivity contribution is 7.89. The van der Waals surface area contributed by atoms with E-state index in [0.29, 0.717) is 48.3 Å². The zero-order chi connectivity index (χ0) is 23.6. The molecule has 0 saturated carbocycles. The van der Waals surface area contributed by atoms with E-state index in [1.165, 1.54) is 39.9 Å². The molecule has 33 heavy (non-hydrogen) atoms. The molecular formula is C23H28N2O6S2. The number of hydrogen-bond donors (Lipinski definition) is 1. The van der Waals surface area contributed by atoms with Crippen molar-refractivity contribution in [1.82, 2.24) is 4.31 Å². The second-order valence-electron chi connectivity index (χ2n) is 8.27. The van der Waals surface area contributed by atoms with Crippen LogP contribution < -0.4 is 5.32 Å². The Morgan fingerprint density at radius 2 is 1.91 bits per heavy atom. The van der Waals surface area contributed by atoms with Gasteiger partial charge in [-0.1, -0.05) is 6.92 Å². The van der Waals surface area contributed by atoms with Crippen molar-refractivity contribution in [3.63, 3.8) is 0 Å². The van der Waals surface area contributed by atoms with Gasteiger partial charge in [0.1, 0.15) is 5.00 Å². The number of fused-ring (bicyclic) bond motifs is 1. The van der Waals surface area contributed by atoms with E-state index in [9.17, 15) is 18.0 Å². The average molecular weight is 493 g/mol. The first-order chi connectivity index (χ1) is 15.8. The van der Waals surface area contributed by atoms with Gasteiger partial charge in [0, 0.05) is 23.5 Å². The third-order valence-corrected chi connectivity index (χ3v) is 9.03. The summed E-state index contributed by atoms with van der Waals surface area (Å²) in [5.41, 5.74) is 1.73. The van der Waals surface area contributed by atoms with Crippen LogP contribution in [0.1, 0.15) is 51.4 Å². The summed E-state index contributed by atoms with van der Waals surface area (Å²) in [6.45, 7) is 5.54. The summed E-state index contributed by atoms with van der Waals surface area (Å²) in [6, 6.07) is 5.85. The van der Waals surface area contributed by atoms with E-state index in [2.05, 4.69) is 12.2 Å². The minimum Gasteiger partial charge on any atom is -0.462 e. The average Bonchev–Trinajstić information content (AvgIpc) is 3.16. The van der Waals surface area contributed by atoms with Crippen molar-refractivity contribution < 1.29 is 27.5 Å². The maximum atomic E-state index is 13.0. The molecule has 8 nitrogen and oxygen atoms in total. The lowest BCUT2D eigenvalue weighted by Gasteiger charge is -2.26. The van der Waals surface area contributed by atoms with E-state index in [-0.39, 0.29) is 11.5 Å². The molecule has 1 amide bonds. The molecule has 1 atom stereocenters. The van der Waals surface area contributed by atoms with E-state index in [1.807, 2.05) is 0 Å². The molecule has 0 spiro atoms. The summed E-state index contributed by atoms with van der Waals surface area (Å²) in [5, 5.41) is 3.35. The van der Waals surface area contributed by atoms with E-state index in [1.54, 1.807) is 6.92 Å². The molecule has 1 saturated heterocycles. The maximum Gasteiger partial charge on any atom is 0.341 e. The van der Waals surface area contributed by atoms with Crippen LogP contribution in [0.5, 0.6) is 0 Å². The number of morpholine rings is 1. The zero-order valence-electron chi connectivity index (χ0n) is 18.8. The zero-order valence-corrected chi connectivity index (χ0v) is 20.4. The molecule has 4 rings (SSSR count). The number of carbonyl (C=O) groups is 2. The highest BCUT2D eigenvalue weighted by Gasteiger charge is 2.30. The van der Waals surface area contributed by atoms with Gasteiger partial charge in [0.15, 0.2) is 0 Å². The number of rotatable bonds is 6. The van der Waals surface area contributed by atoms with Crippen LogP contribution in [-0.2, 0) is 32.3 Å². The van der Waals surface area contributed by atoms with Gasteiger partial charge in [0.2, 0.25) is 10.0 Å². The van der Waals surface area contributed by atoms with Crippen LogP contribution in [-0.4, -0.2) is 57.5 Å². The van der Waals surface area contributed by atoms with Gasteiger partial charge >= 0.3 is 5.97 Å². The summed E-state index contributed by atoms with van der Waals surface area (Å²) >= 11 is 1.42. The molecule has 1 aliphatic heterocycles. The van der Waals surface area contributed by atoms with E-state index in [0.717, 1.165) is 29.7 Å². The number of esters is 1. The molecule has 1 fully saturated rings. The summed E-state index contributed by atoms with van der Waals surface area (Å²) in [7, 11) is -3.63. The Bertz CT molecular complexity index is 1130. The van der Waals surface area contributed by atoms with E-state index >= 15 is 0 Å². The van der Waals surface area contributed by atoms with E-state index in [4.69, 9.17) is 9.47 Å². The molecule has 178 valence electrons. The fraction of sp³-hybridized carbons (Fsp3) is 0.478. The number of anilines is 1. The van der Waals surface area contributed by atoms with Crippen LogP contribution in [0.3, 0.4) is 0 Å². The Balaban J connectivity index is 1.55. The smallest absolute Gasteiger partial charge is 0.341 e. The fourth-order valence-corrected chi connectivity index (χ4v) is 6.95. The molecule has 1 aromatic carbocycles. The Morgan fingerprint density at radius 1 is 1.21 bits per heavy atom. The number of amides is 1. The fourth-order valence-electron chi connectivity index (χ4n) is 4.15. The van der Waals surface area contributed by atoms with Gasteiger partial charge in [-0.3, -0.25) is 4.79 Å². The van der Waals surface area contributed by atoms with Gasteiger partial charge in [-0.05, 0) is 61.9 Å². The predicted octanol–water partition coefficient (Wildman–Crippen LogP) is 3.32. The minimum atomic E-state index is -3.63. The largest absolute Gasteiger partial charge is 0.462 e. The third-order valence-electron chi connectivity index (χ3n) is 5.94. The summed E-state index contributed by atoms with van der Waals surface area (Å²) in [5.74, 6) is -0.301. The number of nitrogens with zero attached hydrogens (tertiary/aromatic N) is 1. The summed E-state index contributed by atoms with van der Waals surface area (Å²) < 4.78 is 37.5. The number of carbonyl (C=O) groups excluding carboxylic acids is 2. The van der Waals surface area contributed by atoms with Gasteiger partial charge in [-0.25, -0.2) is 13.2 Å². The third kappa shape index (κ3) is 4.98. The molecule has 1 aliphatic carbocycles. The Kier molecular flexibility index (Phi) is 7.18. The number of nitrogens with one attached hydrogen (secondary N) is 1. The van der Waals surface area contributed by atoms with Crippen molar-refractivity contribution in [2.24, 2.45) is 5.92 Å². The van der Waals surface area contributed by atoms with Crippen LogP contribution in [0.2, 0.25) is 0 Å². The molecule has 2 aliphatic rings. The lowest BCUT2D eigenvalue weighted by Crippen LogP contribution is -2.40. The minimum absolute atomic E-state index is 0.133. The first-order valence-electron chi connectivity index (χ1n) is 11.1. The van der Waals surface area contributed by atoms with Crippen molar-refractivity contribution in [1.29, 1.82) is 0 Å². The Labute approximate surface area is 197 Å². The highest BCUT2D eigenvalue weighted by Crippen LogP contribution is 2.40. The van der Waals surface area contributed by atoms with Gasteiger partial charge in [-0.2, -0.15) is 4.31 Å². The number of hydrogen-bond acceptors (Lipinski definition) is 7. The first-order valence-corrected chi connectivity index (χ1v) is 13.4. The second kappa shape index (κ2) is 9.92. The molecule has 1 aromatic heterocycles. The lowest BCUT2D eigenvalue weighted by molar-refractivity contribution is 0.0526. The van der Waals surface area contributed by atoms with Crippen LogP contribution in [0, 0.1) is 5.92 Å². The SMILES string of the molecule is CCOC(=O)c1c(NC(=O)c2ccc(S(=O)(=O)N3CCOCC3)cc2)sc2c1CC[C@H](C)C2. The molecule has 0 unspecified atom stereocenters. The second-order valence-corrected chi connectivity index (χ2v) is 11.3. The maximum absolute atomic E-state index is 13.0. The summed E-state index contributed by atoms with van der Waals surface area (Å²) in [4.78, 5) is 26.9. The van der Waals surface area contributed by atoms with Gasteiger partial charge in [0.05, 0.1) is 30.3 Å². The highest BCUT2D eigenvalue weighted by atomic mass is 32.2. The normalized spacial score (nSPS) is 19.0.